The van der Waals surface area contributed by atoms with Crippen molar-refractivity contribution in [1.82, 2.24) is 0 Å². The summed E-state index contributed by atoms with van der Waals surface area (Å²) in [6.45, 7) is 0.554. The Hall–Kier alpha value is -1.83. The quantitative estimate of drug-likeness (QED) is 0.559. The molecule has 1 aliphatic heterocycles. The Morgan fingerprint density at radius 2 is 2.00 bits per heavy atom. The van der Waals surface area contributed by atoms with Gasteiger partial charge in [0.1, 0.15) is 0 Å². The number of hydrogen-bond acceptors (Lipinski definition) is 2. The van der Waals surface area contributed by atoms with Crippen LogP contribution in [0.25, 0.3) is 6.08 Å². The van der Waals surface area contributed by atoms with Crippen LogP contribution < -0.4 is 0 Å². The van der Waals surface area contributed by atoms with Crippen molar-refractivity contribution in [2.24, 2.45) is 0 Å². The monoisotopic (exact) mass is 214 g/mol. The van der Waals surface area contributed by atoms with Crippen LogP contribution in [-0.2, 0) is 9.53 Å². The van der Waals surface area contributed by atoms with Crippen LogP contribution in [0.1, 0.15) is 18.4 Å². The zero-order valence-corrected chi connectivity index (χ0v) is 9.06. The van der Waals surface area contributed by atoms with Gasteiger partial charge >= 0.3 is 5.97 Å². The molecule has 0 atom stereocenters. The molecule has 2 nitrogen and oxygen atoms in total. The number of hydrogen-bond donors (Lipinski definition) is 0. The Labute approximate surface area is 95.2 Å². The zero-order chi connectivity index (χ0) is 11.2. The number of cyclic esters (lactones) is 1. The highest BCUT2D eigenvalue weighted by Gasteiger charge is 2.14. The van der Waals surface area contributed by atoms with Crippen LogP contribution in [0, 0.1) is 0 Å². The second kappa shape index (κ2) is 5.31. The highest BCUT2D eigenvalue weighted by Crippen LogP contribution is 2.14. The van der Waals surface area contributed by atoms with Gasteiger partial charge in [-0.3, -0.25) is 0 Å². The summed E-state index contributed by atoms with van der Waals surface area (Å²) >= 11 is 0. The van der Waals surface area contributed by atoms with Gasteiger partial charge in [0.2, 0.25) is 0 Å². The molecule has 1 aromatic rings. The molecular formula is C14H14O2. The first-order valence-corrected chi connectivity index (χ1v) is 5.46. The molecule has 0 N–H and O–H groups in total. The number of rotatable bonds is 2. The van der Waals surface area contributed by atoms with Crippen LogP contribution in [0.5, 0.6) is 0 Å². The summed E-state index contributed by atoms with van der Waals surface area (Å²) in [7, 11) is 0. The van der Waals surface area contributed by atoms with Gasteiger partial charge in [0, 0.05) is 5.57 Å². The fourth-order valence-electron chi connectivity index (χ4n) is 1.61. The van der Waals surface area contributed by atoms with Gasteiger partial charge < -0.3 is 4.74 Å². The number of benzene rings is 1. The number of esters is 1. The third kappa shape index (κ3) is 2.83. The smallest absolute Gasteiger partial charge is 0.333 e. The topological polar surface area (TPSA) is 26.3 Å². The minimum absolute atomic E-state index is 0.177. The Balaban J connectivity index is 2.02. The van der Waals surface area contributed by atoms with Crippen molar-refractivity contribution in [2.75, 3.05) is 6.61 Å². The lowest BCUT2D eigenvalue weighted by Gasteiger charge is -2.12. The number of carbonyl (C=O) groups is 1. The first kappa shape index (κ1) is 10.7. The Bertz CT molecular complexity index is 416. The maximum atomic E-state index is 11.3. The minimum atomic E-state index is -0.177. The summed E-state index contributed by atoms with van der Waals surface area (Å²) in [6.07, 6.45) is 7.47. The molecule has 82 valence electrons. The Morgan fingerprint density at radius 3 is 2.75 bits per heavy atom. The van der Waals surface area contributed by atoms with Crippen LogP contribution in [0.15, 0.2) is 48.1 Å². The Kier molecular flexibility index (Phi) is 3.54. The van der Waals surface area contributed by atoms with E-state index in [4.69, 9.17) is 4.74 Å². The normalized spacial score (nSPS) is 19.0. The molecule has 2 rings (SSSR count). The van der Waals surface area contributed by atoms with Crippen molar-refractivity contribution < 1.29 is 9.53 Å². The van der Waals surface area contributed by atoms with E-state index in [0.29, 0.717) is 6.61 Å². The molecule has 16 heavy (non-hydrogen) atoms. The molecule has 1 aromatic carbocycles. The van der Waals surface area contributed by atoms with E-state index in [0.717, 1.165) is 24.0 Å². The molecular weight excluding hydrogens is 200 g/mol. The number of allylic oxidation sites excluding steroid dienone is 2. The Morgan fingerprint density at radius 1 is 1.19 bits per heavy atom. The van der Waals surface area contributed by atoms with Gasteiger partial charge in [-0.15, -0.1) is 0 Å². The second-order valence-electron chi connectivity index (χ2n) is 3.70. The second-order valence-corrected chi connectivity index (χ2v) is 3.70. The molecule has 0 spiro atoms. The summed E-state index contributed by atoms with van der Waals surface area (Å²) in [5, 5.41) is 0. The van der Waals surface area contributed by atoms with Gasteiger partial charge in [0.05, 0.1) is 6.61 Å². The molecule has 0 bridgehead atoms. The average Bonchev–Trinajstić information content (AvgIpc) is 2.33. The molecule has 0 aromatic heterocycles. The molecule has 1 saturated heterocycles. The van der Waals surface area contributed by atoms with E-state index in [1.165, 1.54) is 0 Å². The van der Waals surface area contributed by atoms with Gasteiger partial charge in [-0.05, 0) is 18.4 Å². The summed E-state index contributed by atoms with van der Waals surface area (Å²) < 4.78 is 4.95. The maximum absolute atomic E-state index is 11.3. The predicted octanol–water partition coefficient (Wildman–Crippen LogP) is 2.96. The predicted molar refractivity (Wildman–Crippen MR) is 63.8 cm³/mol. The van der Waals surface area contributed by atoms with Gasteiger partial charge in [0.25, 0.3) is 0 Å². The van der Waals surface area contributed by atoms with Crippen LogP contribution in [0.4, 0.5) is 0 Å². The molecule has 1 heterocycles. The fourth-order valence-corrected chi connectivity index (χ4v) is 1.61. The molecule has 1 fully saturated rings. The highest BCUT2D eigenvalue weighted by atomic mass is 16.5. The molecule has 0 unspecified atom stereocenters. The SMILES string of the molecule is O=C1OCCCC1=CC=Cc1ccccc1. The van der Waals surface area contributed by atoms with E-state index < -0.39 is 0 Å². The first-order chi connectivity index (χ1) is 7.86. The summed E-state index contributed by atoms with van der Waals surface area (Å²) in [5.74, 6) is -0.177. The highest BCUT2D eigenvalue weighted by molar-refractivity contribution is 5.89. The molecule has 0 amide bonds. The third-order valence-corrected chi connectivity index (χ3v) is 2.47. The molecule has 2 heteroatoms. The largest absolute Gasteiger partial charge is 0.462 e. The maximum Gasteiger partial charge on any atom is 0.333 e. The summed E-state index contributed by atoms with van der Waals surface area (Å²) in [6, 6.07) is 10.0. The van der Waals surface area contributed by atoms with Crippen LogP contribution >= 0.6 is 0 Å². The standard InChI is InChI=1S/C14H14O2/c15-14-13(10-5-11-16-14)9-4-8-12-6-2-1-3-7-12/h1-4,6-9H,5,10-11H2. The van der Waals surface area contributed by atoms with Gasteiger partial charge in [0.15, 0.2) is 0 Å². The van der Waals surface area contributed by atoms with E-state index in [1.54, 1.807) is 0 Å². The van der Waals surface area contributed by atoms with E-state index in [-0.39, 0.29) is 5.97 Å². The van der Waals surface area contributed by atoms with E-state index in [9.17, 15) is 4.79 Å². The van der Waals surface area contributed by atoms with Crippen LogP contribution in [0.3, 0.4) is 0 Å². The lowest BCUT2D eigenvalue weighted by molar-refractivity contribution is -0.141. The number of carbonyl (C=O) groups excluding carboxylic acids is 1. The lowest BCUT2D eigenvalue weighted by atomic mass is 10.1. The van der Waals surface area contributed by atoms with Crippen molar-refractivity contribution in [3.05, 3.63) is 53.6 Å². The third-order valence-electron chi connectivity index (χ3n) is 2.47. The van der Waals surface area contributed by atoms with E-state index >= 15 is 0 Å². The van der Waals surface area contributed by atoms with Gasteiger partial charge in [-0.1, -0.05) is 48.6 Å². The summed E-state index contributed by atoms with van der Waals surface area (Å²) in [4.78, 5) is 11.3. The number of ether oxygens (including phenoxy) is 1. The summed E-state index contributed by atoms with van der Waals surface area (Å²) in [5.41, 5.74) is 1.89. The molecule has 0 aliphatic carbocycles. The van der Waals surface area contributed by atoms with E-state index in [1.807, 2.05) is 48.6 Å². The van der Waals surface area contributed by atoms with E-state index in [2.05, 4.69) is 0 Å². The minimum Gasteiger partial charge on any atom is -0.462 e. The van der Waals surface area contributed by atoms with Crippen molar-refractivity contribution in [3.8, 4) is 0 Å². The van der Waals surface area contributed by atoms with Crippen LogP contribution in [0.2, 0.25) is 0 Å². The van der Waals surface area contributed by atoms with Crippen molar-refractivity contribution >= 4 is 12.0 Å². The lowest BCUT2D eigenvalue weighted by Crippen LogP contribution is -2.15. The van der Waals surface area contributed by atoms with Crippen molar-refractivity contribution in [2.45, 2.75) is 12.8 Å². The molecule has 0 radical (unpaired) electrons. The van der Waals surface area contributed by atoms with Crippen molar-refractivity contribution in [1.29, 1.82) is 0 Å². The van der Waals surface area contributed by atoms with Crippen LogP contribution in [-0.4, -0.2) is 12.6 Å². The fraction of sp³-hybridized carbons (Fsp3) is 0.214. The zero-order valence-electron chi connectivity index (χ0n) is 9.06. The average molecular weight is 214 g/mol. The van der Waals surface area contributed by atoms with Gasteiger partial charge in [-0.25, -0.2) is 4.79 Å². The molecule has 0 saturated carbocycles. The van der Waals surface area contributed by atoms with Gasteiger partial charge in [-0.2, -0.15) is 0 Å². The molecule has 1 aliphatic rings. The van der Waals surface area contributed by atoms with Crippen molar-refractivity contribution in [3.63, 3.8) is 0 Å². The first-order valence-electron chi connectivity index (χ1n) is 5.46.